The van der Waals surface area contributed by atoms with Crippen LogP contribution >= 0.6 is 33.9 Å². The van der Waals surface area contributed by atoms with Crippen molar-refractivity contribution in [1.29, 1.82) is 0 Å². The lowest BCUT2D eigenvalue weighted by Crippen LogP contribution is -1.68. The third kappa shape index (κ3) is 1.93. The lowest BCUT2D eigenvalue weighted by Gasteiger charge is -1.82. The summed E-state index contributed by atoms with van der Waals surface area (Å²) in [4.78, 5) is 1.50. The molecule has 1 aromatic heterocycles. The molecule has 0 aliphatic rings. The van der Waals surface area contributed by atoms with Crippen LogP contribution < -0.4 is 0 Å². The molecule has 0 aliphatic carbocycles. The molecule has 0 saturated carbocycles. The van der Waals surface area contributed by atoms with Crippen molar-refractivity contribution in [3.8, 4) is 0 Å². The first-order chi connectivity index (χ1) is 4.36. The van der Waals surface area contributed by atoms with E-state index in [1.807, 2.05) is 11.3 Å². The van der Waals surface area contributed by atoms with Crippen LogP contribution in [0.25, 0.3) is 0 Å². The van der Waals surface area contributed by atoms with Gasteiger partial charge in [-0.05, 0) is 23.4 Å². The average molecular weight is 252 g/mol. The molecule has 50 valence electrons. The van der Waals surface area contributed by atoms with Crippen molar-refractivity contribution in [3.63, 3.8) is 0 Å². The van der Waals surface area contributed by atoms with Gasteiger partial charge in [-0.1, -0.05) is 29.5 Å². The highest BCUT2D eigenvalue weighted by Crippen LogP contribution is 2.16. The first kappa shape index (κ1) is 7.54. The van der Waals surface area contributed by atoms with Gasteiger partial charge in [-0.2, -0.15) is 0 Å². The van der Waals surface area contributed by atoms with Gasteiger partial charge < -0.3 is 0 Å². The number of hydrogen-bond acceptors (Lipinski definition) is 1. The van der Waals surface area contributed by atoms with Gasteiger partial charge in [-0.15, -0.1) is 11.3 Å². The zero-order valence-electron chi connectivity index (χ0n) is 5.36. The van der Waals surface area contributed by atoms with E-state index in [1.165, 1.54) is 16.9 Å². The van der Waals surface area contributed by atoms with Crippen LogP contribution in [0.4, 0.5) is 0 Å². The monoisotopic (exact) mass is 252 g/mol. The predicted molar refractivity (Wildman–Crippen MR) is 51.4 cm³/mol. The Bertz CT molecular complexity index is 162. The molecule has 0 aromatic carbocycles. The van der Waals surface area contributed by atoms with Crippen molar-refractivity contribution in [2.45, 2.75) is 17.8 Å². The Kier molecular flexibility index (Phi) is 2.98. The largest absolute Gasteiger partial charge is 0.149 e. The maximum atomic E-state index is 2.39. The third-order valence-electron chi connectivity index (χ3n) is 1.21. The quantitative estimate of drug-likeness (QED) is 0.560. The van der Waals surface area contributed by atoms with E-state index in [0.717, 1.165) is 4.43 Å². The predicted octanol–water partition coefficient (Wildman–Crippen LogP) is 3.25. The molecule has 9 heavy (non-hydrogen) atoms. The van der Waals surface area contributed by atoms with E-state index in [0.29, 0.717) is 0 Å². The lowest BCUT2D eigenvalue weighted by atomic mass is 10.3. The van der Waals surface area contributed by atoms with Gasteiger partial charge in [0.25, 0.3) is 0 Å². The van der Waals surface area contributed by atoms with Gasteiger partial charge in [-0.3, -0.25) is 0 Å². The fourth-order valence-corrected chi connectivity index (χ4v) is 2.26. The average Bonchev–Trinajstić information content (AvgIpc) is 2.34. The maximum absolute atomic E-state index is 2.39. The van der Waals surface area contributed by atoms with Crippen molar-refractivity contribution in [1.82, 2.24) is 0 Å². The Morgan fingerprint density at radius 2 is 2.44 bits per heavy atom. The molecule has 0 spiro atoms. The smallest absolute Gasteiger partial charge is 0.0255 e. The standard InChI is InChI=1S/C7H9IS/c1-2-7-3-6(4-8)5-9-7/h3,5H,2,4H2,1H3. The molecule has 0 nitrogen and oxygen atoms in total. The number of thiophene rings is 1. The van der Waals surface area contributed by atoms with Gasteiger partial charge in [0, 0.05) is 9.30 Å². The van der Waals surface area contributed by atoms with Crippen LogP contribution in [0.5, 0.6) is 0 Å². The minimum absolute atomic E-state index is 1.15. The molecule has 1 rings (SSSR count). The van der Waals surface area contributed by atoms with Crippen LogP contribution in [0.15, 0.2) is 11.4 Å². The molecule has 0 N–H and O–H groups in total. The van der Waals surface area contributed by atoms with Crippen molar-refractivity contribution in [2.24, 2.45) is 0 Å². The molecule has 0 saturated heterocycles. The van der Waals surface area contributed by atoms with E-state index in [1.54, 1.807) is 0 Å². The Labute approximate surface area is 73.4 Å². The summed E-state index contributed by atoms with van der Waals surface area (Å²) in [5.41, 5.74) is 1.47. The molecular formula is C7H9IS. The molecule has 0 bridgehead atoms. The van der Waals surface area contributed by atoms with E-state index in [9.17, 15) is 0 Å². The summed E-state index contributed by atoms with van der Waals surface area (Å²) < 4.78 is 1.15. The molecule has 0 aliphatic heterocycles. The van der Waals surface area contributed by atoms with Crippen molar-refractivity contribution >= 4 is 33.9 Å². The Morgan fingerprint density at radius 3 is 2.78 bits per heavy atom. The number of rotatable bonds is 2. The van der Waals surface area contributed by atoms with Crippen LogP contribution in [0.3, 0.4) is 0 Å². The fraction of sp³-hybridized carbons (Fsp3) is 0.429. The summed E-state index contributed by atoms with van der Waals surface area (Å²) in [7, 11) is 0. The molecule has 0 radical (unpaired) electrons. The molecule has 2 heteroatoms. The number of hydrogen-bond donors (Lipinski definition) is 0. The second-order valence-electron chi connectivity index (χ2n) is 1.91. The van der Waals surface area contributed by atoms with Gasteiger partial charge in [0.1, 0.15) is 0 Å². The van der Waals surface area contributed by atoms with E-state index >= 15 is 0 Å². The fourth-order valence-electron chi connectivity index (χ4n) is 0.682. The maximum Gasteiger partial charge on any atom is 0.0255 e. The van der Waals surface area contributed by atoms with Crippen molar-refractivity contribution < 1.29 is 0 Å². The second kappa shape index (κ2) is 3.56. The molecule has 0 unspecified atom stereocenters. The van der Waals surface area contributed by atoms with Crippen LogP contribution in [0, 0.1) is 0 Å². The minimum atomic E-state index is 1.15. The van der Waals surface area contributed by atoms with Gasteiger partial charge in [0.05, 0.1) is 0 Å². The Hall–Kier alpha value is 0.430. The summed E-state index contributed by atoms with van der Waals surface area (Å²) in [6.07, 6.45) is 1.18. The summed E-state index contributed by atoms with van der Waals surface area (Å²) in [6.45, 7) is 2.20. The summed E-state index contributed by atoms with van der Waals surface area (Å²) in [5.74, 6) is 0. The topological polar surface area (TPSA) is 0 Å². The third-order valence-corrected chi connectivity index (χ3v) is 3.22. The summed E-state index contributed by atoms with van der Waals surface area (Å²) in [6, 6.07) is 2.29. The lowest BCUT2D eigenvalue weighted by molar-refractivity contribution is 1.18. The first-order valence-corrected chi connectivity index (χ1v) is 5.39. The van der Waals surface area contributed by atoms with Crippen molar-refractivity contribution in [3.05, 3.63) is 21.9 Å². The van der Waals surface area contributed by atoms with Gasteiger partial charge in [0.2, 0.25) is 0 Å². The highest BCUT2D eigenvalue weighted by atomic mass is 127. The zero-order valence-corrected chi connectivity index (χ0v) is 8.33. The highest BCUT2D eigenvalue weighted by molar-refractivity contribution is 14.1. The summed E-state index contributed by atoms with van der Waals surface area (Å²) >= 11 is 4.26. The van der Waals surface area contributed by atoms with E-state index in [4.69, 9.17) is 0 Å². The zero-order chi connectivity index (χ0) is 6.69. The van der Waals surface area contributed by atoms with E-state index in [2.05, 4.69) is 41.0 Å². The van der Waals surface area contributed by atoms with Gasteiger partial charge in [0.15, 0.2) is 0 Å². The molecule has 1 aromatic rings. The summed E-state index contributed by atoms with van der Waals surface area (Å²) in [5, 5.41) is 2.24. The number of alkyl halides is 1. The highest BCUT2D eigenvalue weighted by Gasteiger charge is 1.93. The SMILES string of the molecule is CCc1cc(CI)cs1. The minimum Gasteiger partial charge on any atom is -0.149 e. The Balaban J connectivity index is 2.74. The molecule has 0 fully saturated rings. The van der Waals surface area contributed by atoms with E-state index < -0.39 is 0 Å². The second-order valence-corrected chi connectivity index (χ2v) is 3.67. The normalized spacial score (nSPS) is 10.0. The number of halogens is 1. The van der Waals surface area contributed by atoms with E-state index in [-0.39, 0.29) is 0 Å². The number of aryl methyl sites for hydroxylation is 1. The van der Waals surface area contributed by atoms with Crippen LogP contribution in [0.2, 0.25) is 0 Å². The van der Waals surface area contributed by atoms with Crippen LogP contribution in [-0.4, -0.2) is 0 Å². The van der Waals surface area contributed by atoms with Gasteiger partial charge >= 0.3 is 0 Å². The van der Waals surface area contributed by atoms with Gasteiger partial charge in [-0.25, -0.2) is 0 Å². The molecule has 1 heterocycles. The molecular weight excluding hydrogens is 243 g/mol. The molecule has 0 amide bonds. The first-order valence-electron chi connectivity index (χ1n) is 2.99. The molecule has 0 atom stereocenters. The van der Waals surface area contributed by atoms with Crippen LogP contribution in [-0.2, 0) is 10.8 Å². The Morgan fingerprint density at radius 1 is 1.67 bits per heavy atom. The van der Waals surface area contributed by atoms with Crippen LogP contribution in [0.1, 0.15) is 17.4 Å². The van der Waals surface area contributed by atoms with Crippen molar-refractivity contribution in [2.75, 3.05) is 0 Å².